The van der Waals surface area contributed by atoms with E-state index < -0.39 is 0 Å². The van der Waals surface area contributed by atoms with E-state index in [9.17, 15) is 4.79 Å². The summed E-state index contributed by atoms with van der Waals surface area (Å²) in [5.41, 5.74) is 5.74. The molecule has 1 heterocycles. The van der Waals surface area contributed by atoms with Crippen LogP contribution in [0.1, 0.15) is 27.1 Å². The number of nitrogens with zero attached hydrogens (tertiary/aromatic N) is 1. The molecule has 0 bridgehead atoms. The number of carbonyl (C=O) groups is 1. The lowest BCUT2D eigenvalue weighted by Crippen LogP contribution is -2.35. The van der Waals surface area contributed by atoms with Gasteiger partial charge in [-0.2, -0.15) is 0 Å². The summed E-state index contributed by atoms with van der Waals surface area (Å²) in [7, 11) is 1.80. The van der Waals surface area contributed by atoms with Crippen LogP contribution in [-0.4, -0.2) is 18.0 Å². The minimum Gasteiger partial charge on any atom is -0.323 e. The third-order valence-electron chi connectivity index (χ3n) is 3.75. The fourth-order valence-corrected chi connectivity index (χ4v) is 3.15. The highest BCUT2D eigenvalue weighted by Gasteiger charge is 2.20. The summed E-state index contributed by atoms with van der Waals surface area (Å²) in [4.78, 5) is 13.5. The van der Waals surface area contributed by atoms with Crippen molar-refractivity contribution in [2.45, 2.75) is 18.3 Å². The molecule has 0 radical (unpaired) electrons. The molecule has 0 spiro atoms. The van der Waals surface area contributed by atoms with Crippen molar-refractivity contribution in [3.63, 3.8) is 0 Å². The Labute approximate surface area is 133 Å². The van der Waals surface area contributed by atoms with Gasteiger partial charge in [0.05, 0.1) is 4.83 Å². The van der Waals surface area contributed by atoms with Crippen molar-refractivity contribution in [2.75, 3.05) is 12.4 Å². The molecule has 2 aromatic carbocycles. The molecule has 1 N–H and O–H groups in total. The van der Waals surface area contributed by atoms with Crippen molar-refractivity contribution in [2.24, 2.45) is 0 Å². The third kappa shape index (κ3) is 2.81. The topological polar surface area (TPSA) is 32.3 Å². The summed E-state index contributed by atoms with van der Waals surface area (Å²) in [6, 6.07) is 14.6. The first-order valence-electron chi connectivity index (χ1n) is 6.90. The van der Waals surface area contributed by atoms with Crippen molar-refractivity contribution >= 4 is 27.6 Å². The SMILES string of the molecule is Cc1cccc(C(Br)c2ccc3c(c2)CN(C)C(=O)N3)c1. The second kappa shape index (κ2) is 5.53. The largest absolute Gasteiger partial charge is 0.323 e. The molecule has 0 fully saturated rings. The van der Waals surface area contributed by atoms with E-state index in [0.717, 1.165) is 11.3 Å². The summed E-state index contributed by atoms with van der Waals surface area (Å²) < 4.78 is 0. The van der Waals surface area contributed by atoms with Crippen LogP contribution in [-0.2, 0) is 6.54 Å². The number of carbonyl (C=O) groups excluding carboxylic acids is 1. The standard InChI is InChI=1S/C17H17BrN2O/c1-11-4-3-5-12(8-11)16(18)13-6-7-15-14(9-13)10-20(2)17(21)19-15/h3-9,16H,10H2,1-2H3,(H,19,21). The Morgan fingerprint density at radius 1 is 1.19 bits per heavy atom. The Morgan fingerprint density at radius 3 is 2.71 bits per heavy atom. The number of alkyl halides is 1. The maximum Gasteiger partial charge on any atom is 0.321 e. The monoisotopic (exact) mass is 344 g/mol. The van der Waals surface area contributed by atoms with Crippen LogP contribution in [0, 0.1) is 6.92 Å². The Hall–Kier alpha value is -1.81. The zero-order chi connectivity index (χ0) is 15.0. The molecule has 1 atom stereocenters. The van der Waals surface area contributed by atoms with Gasteiger partial charge in [0, 0.05) is 19.3 Å². The predicted octanol–water partition coefficient (Wildman–Crippen LogP) is 4.46. The highest BCUT2D eigenvalue weighted by molar-refractivity contribution is 9.09. The Kier molecular flexibility index (Phi) is 3.72. The van der Waals surface area contributed by atoms with Gasteiger partial charge in [-0.05, 0) is 29.7 Å². The zero-order valence-electron chi connectivity index (χ0n) is 12.1. The zero-order valence-corrected chi connectivity index (χ0v) is 13.6. The number of urea groups is 1. The van der Waals surface area contributed by atoms with Crippen LogP contribution in [0.4, 0.5) is 10.5 Å². The lowest BCUT2D eigenvalue weighted by Gasteiger charge is -2.26. The van der Waals surface area contributed by atoms with Crippen LogP contribution in [0.2, 0.25) is 0 Å². The van der Waals surface area contributed by atoms with Gasteiger partial charge in [0.15, 0.2) is 0 Å². The van der Waals surface area contributed by atoms with Gasteiger partial charge in [-0.3, -0.25) is 0 Å². The van der Waals surface area contributed by atoms with E-state index in [0.29, 0.717) is 6.54 Å². The highest BCUT2D eigenvalue weighted by atomic mass is 79.9. The molecule has 3 nitrogen and oxygen atoms in total. The van der Waals surface area contributed by atoms with E-state index in [-0.39, 0.29) is 10.9 Å². The number of amides is 2. The molecule has 0 saturated carbocycles. The van der Waals surface area contributed by atoms with E-state index in [1.807, 2.05) is 6.07 Å². The second-order valence-electron chi connectivity index (χ2n) is 5.48. The van der Waals surface area contributed by atoms with Gasteiger partial charge >= 0.3 is 6.03 Å². The molecular formula is C17H17BrN2O. The van der Waals surface area contributed by atoms with Crippen molar-refractivity contribution in [3.05, 3.63) is 64.7 Å². The van der Waals surface area contributed by atoms with Crippen molar-refractivity contribution in [1.29, 1.82) is 0 Å². The van der Waals surface area contributed by atoms with Gasteiger partial charge < -0.3 is 10.2 Å². The molecule has 2 aromatic rings. The maximum absolute atomic E-state index is 11.6. The van der Waals surface area contributed by atoms with E-state index in [1.165, 1.54) is 16.7 Å². The maximum atomic E-state index is 11.6. The van der Waals surface area contributed by atoms with Crippen molar-refractivity contribution in [1.82, 2.24) is 4.90 Å². The number of hydrogen-bond acceptors (Lipinski definition) is 1. The summed E-state index contributed by atoms with van der Waals surface area (Å²) >= 11 is 3.78. The summed E-state index contributed by atoms with van der Waals surface area (Å²) in [5, 5.41) is 2.90. The van der Waals surface area contributed by atoms with Crippen LogP contribution < -0.4 is 5.32 Å². The number of hydrogen-bond donors (Lipinski definition) is 1. The number of fused-ring (bicyclic) bond motifs is 1. The smallest absolute Gasteiger partial charge is 0.321 e. The van der Waals surface area contributed by atoms with E-state index >= 15 is 0 Å². The second-order valence-corrected chi connectivity index (χ2v) is 6.40. The number of rotatable bonds is 2. The molecule has 0 saturated heterocycles. The number of nitrogens with one attached hydrogen (secondary N) is 1. The normalized spacial score (nSPS) is 15.4. The van der Waals surface area contributed by atoms with Crippen LogP contribution in [0.3, 0.4) is 0 Å². The predicted molar refractivity (Wildman–Crippen MR) is 88.9 cm³/mol. The minimum absolute atomic E-state index is 0.0515. The molecule has 1 unspecified atom stereocenters. The summed E-state index contributed by atoms with van der Waals surface area (Å²) in [6.07, 6.45) is 0. The van der Waals surface area contributed by atoms with Crippen LogP contribution in [0.25, 0.3) is 0 Å². The van der Waals surface area contributed by atoms with E-state index in [1.54, 1.807) is 11.9 Å². The lowest BCUT2D eigenvalue weighted by atomic mass is 9.99. The fourth-order valence-electron chi connectivity index (χ4n) is 2.58. The van der Waals surface area contributed by atoms with Gasteiger partial charge in [-0.15, -0.1) is 0 Å². The molecule has 0 aliphatic carbocycles. The average molecular weight is 345 g/mol. The molecular weight excluding hydrogens is 328 g/mol. The van der Waals surface area contributed by atoms with Crippen LogP contribution in [0.15, 0.2) is 42.5 Å². The Balaban J connectivity index is 1.93. The van der Waals surface area contributed by atoms with Crippen LogP contribution in [0.5, 0.6) is 0 Å². The average Bonchev–Trinajstić information content (AvgIpc) is 2.47. The molecule has 1 aliphatic rings. The molecule has 0 aromatic heterocycles. The number of aryl methyl sites for hydroxylation is 1. The molecule has 108 valence electrons. The minimum atomic E-state index is -0.0515. The molecule has 3 rings (SSSR count). The summed E-state index contributed by atoms with van der Waals surface area (Å²) in [5.74, 6) is 0. The lowest BCUT2D eigenvalue weighted by molar-refractivity contribution is 0.218. The molecule has 1 aliphatic heterocycles. The first-order chi connectivity index (χ1) is 10.0. The summed E-state index contributed by atoms with van der Waals surface area (Å²) in [6.45, 7) is 2.74. The molecule has 21 heavy (non-hydrogen) atoms. The van der Waals surface area contributed by atoms with Gasteiger partial charge in [-0.1, -0.05) is 57.9 Å². The Bertz CT molecular complexity index is 699. The quantitative estimate of drug-likeness (QED) is 0.801. The first kappa shape index (κ1) is 14.1. The Morgan fingerprint density at radius 2 is 1.95 bits per heavy atom. The van der Waals surface area contributed by atoms with E-state index in [2.05, 4.69) is 64.6 Å². The van der Waals surface area contributed by atoms with Crippen LogP contribution >= 0.6 is 15.9 Å². The van der Waals surface area contributed by atoms with Gasteiger partial charge in [0.1, 0.15) is 0 Å². The van der Waals surface area contributed by atoms with Crippen molar-refractivity contribution in [3.8, 4) is 0 Å². The van der Waals surface area contributed by atoms with Gasteiger partial charge in [-0.25, -0.2) is 4.79 Å². The number of anilines is 1. The fraction of sp³-hybridized carbons (Fsp3) is 0.235. The van der Waals surface area contributed by atoms with Gasteiger partial charge in [0.25, 0.3) is 0 Å². The first-order valence-corrected chi connectivity index (χ1v) is 7.82. The van der Waals surface area contributed by atoms with E-state index in [4.69, 9.17) is 0 Å². The molecule has 2 amide bonds. The van der Waals surface area contributed by atoms with Gasteiger partial charge in [0.2, 0.25) is 0 Å². The highest BCUT2D eigenvalue weighted by Crippen LogP contribution is 2.34. The van der Waals surface area contributed by atoms with Crippen molar-refractivity contribution < 1.29 is 4.79 Å². The molecule has 4 heteroatoms. The third-order valence-corrected chi connectivity index (χ3v) is 4.81. The number of halogens is 1. The number of benzene rings is 2.